The van der Waals surface area contributed by atoms with E-state index < -0.39 is 22.6 Å². The summed E-state index contributed by atoms with van der Waals surface area (Å²) in [4.78, 5) is 10.0. The largest absolute Gasteiger partial charge is 0.381 e. The molecule has 36 heavy (non-hydrogen) atoms. The van der Waals surface area contributed by atoms with Crippen LogP contribution in [0.3, 0.4) is 0 Å². The lowest BCUT2D eigenvalue weighted by atomic mass is 10.0. The third-order valence-electron chi connectivity index (χ3n) is 6.49. The molecule has 0 heterocycles. The van der Waals surface area contributed by atoms with Crippen molar-refractivity contribution in [1.29, 1.82) is 0 Å². The highest BCUT2D eigenvalue weighted by Gasteiger charge is 2.30. The van der Waals surface area contributed by atoms with Crippen LogP contribution in [0.15, 0.2) is 17.0 Å². The SMILES string of the molecule is CCCCCCCCCCCCCCCCOCCCOP(=O)(O)c1c(C)ccc(S(=O)(=O)O)c1C. The predicted octanol–water partition coefficient (Wildman–Crippen LogP) is 7.27. The van der Waals surface area contributed by atoms with Crippen LogP contribution < -0.4 is 5.30 Å². The summed E-state index contributed by atoms with van der Waals surface area (Å²) in [6.45, 7) is 6.36. The maximum atomic E-state index is 12.7. The smallest absolute Gasteiger partial charge is 0.359 e. The molecule has 0 aliphatic carbocycles. The minimum atomic E-state index is -4.50. The fourth-order valence-corrected chi connectivity index (χ4v) is 6.82. The molecule has 0 saturated heterocycles. The van der Waals surface area contributed by atoms with E-state index >= 15 is 0 Å². The van der Waals surface area contributed by atoms with Gasteiger partial charge in [0.15, 0.2) is 0 Å². The van der Waals surface area contributed by atoms with Gasteiger partial charge in [0.2, 0.25) is 0 Å². The molecule has 0 radical (unpaired) electrons. The summed E-state index contributed by atoms with van der Waals surface area (Å²) in [5, 5.41) is -0.0825. The minimum Gasteiger partial charge on any atom is -0.381 e. The molecule has 9 heteroatoms. The highest BCUT2D eigenvalue weighted by atomic mass is 32.2. The molecule has 0 aliphatic rings. The normalized spacial score (nSPS) is 13.7. The highest BCUT2D eigenvalue weighted by molar-refractivity contribution is 7.86. The first kappa shape index (κ1) is 33.3. The van der Waals surface area contributed by atoms with Crippen molar-refractivity contribution in [3.8, 4) is 0 Å². The first-order valence-corrected chi connectivity index (χ1v) is 16.8. The Kier molecular flexibility index (Phi) is 17.1. The molecule has 1 aromatic carbocycles. The molecule has 1 unspecified atom stereocenters. The third-order valence-corrected chi connectivity index (χ3v) is 9.27. The van der Waals surface area contributed by atoms with E-state index in [1.165, 1.54) is 96.1 Å². The van der Waals surface area contributed by atoms with Crippen molar-refractivity contribution >= 4 is 23.0 Å². The summed E-state index contributed by atoms with van der Waals surface area (Å²) >= 11 is 0. The molecule has 0 aromatic heterocycles. The first-order chi connectivity index (χ1) is 17.1. The fraction of sp³-hybridized carbons (Fsp3) is 0.778. The zero-order chi connectivity index (χ0) is 26.9. The van der Waals surface area contributed by atoms with Crippen LogP contribution in [-0.2, 0) is 23.9 Å². The van der Waals surface area contributed by atoms with E-state index in [-0.39, 0.29) is 17.5 Å². The van der Waals surface area contributed by atoms with Gasteiger partial charge in [-0.2, -0.15) is 8.42 Å². The van der Waals surface area contributed by atoms with E-state index in [1.807, 2.05) is 0 Å². The zero-order valence-electron chi connectivity index (χ0n) is 22.7. The van der Waals surface area contributed by atoms with Crippen LogP contribution in [0.5, 0.6) is 0 Å². The van der Waals surface area contributed by atoms with Crippen molar-refractivity contribution in [2.45, 2.75) is 122 Å². The fourth-order valence-electron chi connectivity index (χ4n) is 4.45. The summed E-state index contributed by atoms with van der Waals surface area (Å²) < 4.78 is 55.9. The van der Waals surface area contributed by atoms with Crippen molar-refractivity contribution in [1.82, 2.24) is 0 Å². The lowest BCUT2D eigenvalue weighted by Gasteiger charge is -2.18. The molecular formula is C27H49O7PS. The molecule has 0 aliphatic heterocycles. The molecule has 0 spiro atoms. The Morgan fingerprint density at radius 3 is 1.72 bits per heavy atom. The predicted molar refractivity (Wildman–Crippen MR) is 147 cm³/mol. The first-order valence-electron chi connectivity index (χ1n) is 13.7. The van der Waals surface area contributed by atoms with Crippen LogP contribution in [-0.4, -0.2) is 37.7 Å². The zero-order valence-corrected chi connectivity index (χ0v) is 24.4. The second kappa shape index (κ2) is 18.5. The van der Waals surface area contributed by atoms with Crippen LogP contribution in [0.1, 0.15) is 114 Å². The second-order valence-electron chi connectivity index (χ2n) is 9.75. The summed E-state index contributed by atoms with van der Waals surface area (Å²) in [6.07, 6.45) is 18.8. The van der Waals surface area contributed by atoms with E-state index in [0.717, 1.165) is 12.8 Å². The molecule has 7 nitrogen and oxygen atoms in total. The number of benzene rings is 1. The van der Waals surface area contributed by atoms with E-state index in [0.29, 0.717) is 25.2 Å². The number of hydrogen-bond acceptors (Lipinski definition) is 5. The Bertz CT molecular complexity index is 886. The van der Waals surface area contributed by atoms with Crippen LogP contribution >= 0.6 is 7.60 Å². The quantitative estimate of drug-likeness (QED) is 0.0891. The lowest BCUT2D eigenvalue weighted by Crippen LogP contribution is -2.18. The number of hydrogen-bond donors (Lipinski definition) is 2. The van der Waals surface area contributed by atoms with Gasteiger partial charge in [-0.1, -0.05) is 96.5 Å². The highest BCUT2D eigenvalue weighted by Crippen LogP contribution is 2.43. The topological polar surface area (TPSA) is 110 Å². The van der Waals surface area contributed by atoms with E-state index in [1.54, 1.807) is 6.92 Å². The maximum Gasteiger partial charge on any atom is 0.359 e. The van der Waals surface area contributed by atoms with Gasteiger partial charge < -0.3 is 14.2 Å². The molecule has 1 atom stereocenters. The van der Waals surface area contributed by atoms with Crippen molar-refractivity contribution < 1.29 is 31.7 Å². The van der Waals surface area contributed by atoms with Crippen LogP contribution in [0.2, 0.25) is 0 Å². The molecule has 1 rings (SSSR count). The molecular weight excluding hydrogens is 499 g/mol. The van der Waals surface area contributed by atoms with Crippen molar-refractivity contribution in [3.05, 3.63) is 23.3 Å². The van der Waals surface area contributed by atoms with Gasteiger partial charge in [-0.15, -0.1) is 0 Å². The van der Waals surface area contributed by atoms with Crippen molar-refractivity contribution in [3.63, 3.8) is 0 Å². The van der Waals surface area contributed by atoms with Crippen LogP contribution in [0.25, 0.3) is 0 Å². The minimum absolute atomic E-state index is 0.0154. The van der Waals surface area contributed by atoms with E-state index in [2.05, 4.69) is 6.92 Å². The number of ether oxygens (including phenoxy) is 1. The second-order valence-corrected chi connectivity index (χ2v) is 12.9. The molecule has 0 amide bonds. The molecule has 210 valence electrons. The Morgan fingerprint density at radius 1 is 0.750 bits per heavy atom. The number of aryl methyl sites for hydroxylation is 1. The van der Waals surface area contributed by atoms with E-state index in [9.17, 15) is 22.4 Å². The molecule has 0 saturated carbocycles. The van der Waals surface area contributed by atoms with Crippen LogP contribution in [0.4, 0.5) is 0 Å². The molecule has 0 bridgehead atoms. The van der Waals surface area contributed by atoms with Gasteiger partial charge >= 0.3 is 7.60 Å². The Hall–Kier alpha value is -0.760. The van der Waals surface area contributed by atoms with Crippen molar-refractivity contribution in [2.24, 2.45) is 0 Å². The van der Waals surface area contributed by atoms with Crippen molar-refractivity contribution in [2.75, 3.05) is 19.8 Å². The third kappa shape index (κ3) is 13.7. The molecule has 0 fully saturated rings. The average Bonchev–Trinajstić information content (AvgIpc) is 2.79. The Balaban J connectivity index is 2.07. The van der Waals surface area contributed by atoms with Gasteiger partial charge in [-0.05, 0) is 43.9 Å². The Morgan fingerprint density at radius 2 is 1.22 bits per heavy atom. The lowest BCUT2D eigenvalue weighted by molar-refractivity contribution is 0.114. The van der Waals surface area contributed by atoms with Crippen LogP contribution in [0, 0.1) is 13.8 Å². The molecule has 2 N–H and O–H groups in total. The number of unbranched alkanes of at least 4 members (excludes halogenated alkanes) is 13. The van der Waals surface area contributed by atoms with E-state index in [4.69, 9.17) is 9.26 Å². The number of rotatable bonds is 22. The summed E-state index contributed by atoms with van der Waals surface area (Å²) in [5.74, 6) is 0. The maximum absolute atomic E-state index is 12.7. The molecule has 1 aromatic rings. The van der Waals surface area contributed by atoms with Gasteiger partial charge in [0.1, 0.15) is 0 Å². The standard InChI is InChI=1S/C27H49O7PS/c1-4-5-6-7-8-9-10-11-12-13-14-15-16-17-21-33-22-18-23-34-35(28,29)27-24(2)19-20-26(25(27)3)36(30,31)32/h19-20H,4-18,21-23H2,1-3H3,(H,28,29)(H,30,31,32). The monoisotopic (exact) mass is 548 g/mol. The summed E-state index contributed by atoms with van der Waals surface area (Å²) in [7, 11) is -8.74. The summed E-state index contributed by atoms with van der Waals surface area (Å²) in [6, 6.07) is 2.60. The summed E-state index contributed by atoms with van der Waals surface area (Å²) in [5.41, 5.74) is 0.456. The van der Waals surface area contributed by atoms with Gasteiger partial charge in [0.25, 0.3) is 10.1 Å². The van der Waals surface area contributed by atoms with Gasteiger partial charge in [-0.3, -0.25) is 9.12 Å². The Labute approximate surface area is 219 Å². The average molecular weight is 549 g/mol. The van der Waals surface area contributed by atoms with Gasteiger partial charge in [-0.25, -0.2) is 0 Å². The van der Waals surface area contributed by atoms with Gasteiger partial charge in [0.05, 0.1) is 16.8 Å². The van der Waals surface area contributed by atoms with Gasteiger partial charge in [0, 0.05) is 13.2 Å².